The van der Waals surface area contributed by atoms with Gasteiger partial charge in [-0.1, -0.05) is 0 Å². The Morgan fingerprint density at radius 3 is 2.50 bits per heavy atom. The highest BCUT2D eigenvalue weighted by molar-refractivity contribution is 7.78. The molecule has 0 fully saturated rings. The Morgan fingerprint density at radius 2 is 2.30 bits per heavy atom. The van der Waals surface area contributed by atoms with Crippen molar-refractivity contribution in [3.05, 3.63) is 18.0 Å². The highest BCUT2D eigenvalue weighted by atomic mass is 32.1. The highest BCUT2D eigenvalue weighted by Crippen LogP contribution is 2.16. The van der Waals surface area contributed by atoms with Crippen molar-refractivity contribution in [2.75, 3.05) is 0 Å². The number of hydrogen-bond acceptors (Lipinski definition) is 3. The van der Waals surface area contributed by atoms with E-state index in [4.69, 9.17) is 0 Å². The van der Waals surface area contributed by atoms with Gasteiger partial charge in [0.05, 0.1) is 5.69 Å². The molecule has 0 aliphatic heterocycles. The van der Waals surface area contributed by atoms with Gasteiger partial charge in [-0.25, -0.2) is 4.09 Å². The maximum absolute atomic E-state index is 9.39. The van der Waals surface area contributed by atoms with Crippen LogP contribution in [0.3, 0.4) is 0 Å². The average Bonchev–Trinajstić information content (AvgIpc) is 2.11. The number of rotatable bonds is 1. The molecule has 1 heterocycles. The lowest BCUT2D eigenvalue weighted by Crippen LogP contribution is -2.16. The van der Waals surface area contributed by atoms with Crippen LogP contribution in [0.25, 0.3) is 0 Å². The molecule has 10 heavy (non-hydrogen) atoms. The topological polar surface area (TPSA) is 38.0 Å². The Labute approximate surface area is 65.2 Å². The van der Waals surface area contributed by atoms with Crippen molar-refractivity contribution in [3.8, 4) is 0 Å². The number of aliphatic hydroxyl groups is 1. The fraction of sp³-hybridized carbons (Fsp3) is 0.500. The molecule has 0 atom stereocenters. The third kappa shape index (κ3) is 1.52. The Morgan fingerprint density at radius 1 is 1.70 bits per heavy atom. The summed E-state index contributed by atoms with van der Waals surface area (Å²) in [5.41, 5.74) is -0.240. The number of nitrogens with zero attached hydrogens (tertiary/aromatic N) is 2. The molecule has 0 spiro atoms. The Kier molecular flexibility index (Phi) is 1.74. The summed E-state index contributed by atoms with van der Waals surface area (Å²) in [6.07, 6.45) is 1.68. The van der Waals surface area contributed by atoms with E-state index in [0.29, 0.717) is 5.69 Å². The summed E-state index contributed by atoms with van der Waals surface area (Å²) in [6, 6.07) is 1.73. The predicted octanol–water partition coefficient (Wildman–Crippen LogP) is 0.803. The van der Waals surface area contributed by atoms with Crippen LogP contribution in [0.2, 0.25) is 0 Å². The summed E-state index contributed by atoms with van der Waals surface area (Å²) in [5, 5.41) is 13.3. The lowest BCUT2D eigenvalue weighted by atomic mass is 10.1. The fourth-order valence-electron chi connectivity index (χ4n) is 0.641. The van der Waals surface area contributed by atoms with Gasteiger partial charge in [-0.05, 0) is 32.7 Å². The Balaban J connectivity index is 2.96. The minimum absolute atomic E-state index is 0.627. The maximum Gasteiger partial charge on any atom is 0.103 e. The third-order valence-electron chi connectivity index (χ3n) is 1.20. The second-order valence-electron chi connectivity index (χ2n) is 2.68. The highest BCUT2D eigenvalue weighted by Gasteiger charge is 2.18. The normalized spacial score (nSPS) is 12.0. The standard InChI is InChI=1S/C6H10N2OS/c1-6(2,9)5-3-4-8(10)7-5/h3-4,9-10H,1-2H3. The average molecular weight is 158 g/mol. The van der Waals surface area contributed by atoms with Gasteiger partial charge in [-0.15, -0.1) is 0 Å². The first-order chi connectivity index (χ1) is 4.50. The van der Waals surface area contributed by atoms with Crippen molar-refractivity contribution in [3.63, 3.8) is 0 Å². The molecule has 56 valence electrons. The first-order valence-corrected chi connectivity index (χ1v) is 3.38. The van der Waals surface area contributed by atoms with Crippen LogP contribution in [0.5, 0.6) is 0 Å². The molecule has 0 bridgehead atoms. The van der Waals surface area contributed by atoms with Crippen LogP contribution in [0.15, 0.2) is 12.3 Å². The van der Waals surface area contributed by atoms with Gasteiger partial charge in [0.15, 0.2) is 0 Å². The molecule has 0 aliphatic carbocycles. The van der Waals surface area contributed by atoms with E-state index >= 15 is 0 Å². The number of hydrogen-bond donors (Lipinski definition) is 2. The fourth-order valence-corrected chi connectivity index (χ4v) is 0.804. The first-order valence-electron chi connectivity index (χ1n) is 2.98. The molecule has 0 unspecified atom stereocenters. The van der Waals surface area contributed by atoms with E-state index in [0.717, 1.165) is 0 Å². The second kappa shape index (κ2) is 2.29. The lowest BCUT2D eigenvalue weighted by Gasteiger charge is -2.12. The second-order valence-corrected chi connectivity index (χ2v) is 3.09. The SMILES string of the molecule is CC(C)(O)c1ccn(S)n1. The van der Waals surface area contributed by atoms with E-state index in [9.17, 15) is 5.11 Å². The summed E-state index contributed by atoms with van der Waals surface area (Å²) >= 11 is 3.93. The summed E-state index contributed by atoms with van der Waals surface area (Å²) in [7, 11) is 0. The van der Waals surface area contributed by atoms with Crippen LogP contribution in [0, 0.1) is 0 Å². The van der Waals surface area contributed by atoms with E-state index in [1.807, 2.05) is 0 Å². The molecule has 0 aliphatic rings. The van der Waals surface area contributed by atoms with Crippen molar-refractivity contribution >= 4 is 12.8 Å². The molecule has 1 aromatic rings. The van der Waals surface area contributed by atoms with Crippen LogP contribution in [0.1, 0.15) is 19.5 Å². The van der Waals surface area contributed by atoms with Crippen LogP contribution in [-0.4, -0.2) is 14.3 Å². The van der Waals surface area contributed by atoms with E-state index in [1.165, 1.54) is 4.09 Å². The molecule has 0 aromatic carbocycles. The van der Waals surface area contributed by atoms with E-state index in [1.54, 1.807) is 26.1 Å². The van der Waals surface area contributed by atoms with E-state index in [-0.39, 0.29) is 0 Å². The summed E-state index contributed by atoms with van der Waals surface area (Å²) in [5.74, 6) is 0. The monoisotopic (exact) mass is 158 g/mol. The van der Waals surface area contributed by atoms with E-state index in [2.05, 4.69) is 17.9 Å². The van der Waals surface area contributed by atoms with Gasteiger partial charge in [0, 0.05) is 6.20 Å². The molecular formula is C6H10N2OS. The summed E-state index contributed by atoms with van der Waals surface area (Å²) in [6.45, 7) is 3.37. The zero-order valence-corrected chi connectivity index (χ0v) is 6.84. The molecule has 1 aromatic heterocycles. The molecule has 0 saturated heterocycles. The van der Waals surface area contributed by atoms with Crippen LogP contribution in [-0.2, 0) is 5.60 Å². The molecule has 0 amide bonds. The van der Waals surface area contributed by atoms with Gasteiger partial charge in [0.1, 0.15) is 5.60 Å². The van der Waals surface area contributed by atoms with Gasteiger partial charge in [0.25, 0.3) is 0 Å². The lowest BCUT2D eigenvalue weighted by molar-refractivity contribution is 0.0736. The minimum Gasteiger partial charge on any atom is -0.384 e. The van der Waals surface area contributed by atoms with Crippen molar-refractivity contribution < 1.29 is 5.11 Å². The van der Waals surface area contributed by atoms with Crippen LogP contribution in [0.4, 0.5) is 0 Å². The summed E-state index contributed by atoms with van der Waals surface area (Å²) in [4.78, 5) is 0. The molecule has 4 heteroatoms. The van der Waals surface area contributed by atoms with Gasteiger partial charge < -0.3 is 5.11 Å². The molecule has 1 N–H and O–H groups in total. The molecule has 3 nitrogen and oxygen atoms in total. The van der Waals surface area contributed by atoms with Gasteiger partial charge in [-0.3, -0.25) is 0 Å². The molecule has 0 radical (unpaired) electrons. The third-order valence-corrected chi connectivity index (χ3v) is 1.43. The smallest absolute Gasteiger partial charge is 0.103 e. The minimum atomic E-state index is -0.867. The van der Waals surface area contributed by atoms with Crippen molar-refractivity contribution in [1.82, 2.24) is 9.19 Å². The van der Waals surface area contributed by atoms with Crippen LogP contribution >= 0.6 is 12.8 Å². The predicted molar refractivity (Wildman–Crippen MR) is 41.9 cm³/mol. The van der Waals surface area contributed by atoms with Crippen molar-refractivity contribution in [2.45, 2.75) is 19.4 Å². The first kappa shape index (κ1) is 7.63. The molecular weight excluding hydrogens is 148 g/mol. The van der Waals surface area contributed by atoms with Crippen LogP contribution < -0.4 is 0 Å². The molecule has 0 saturated carbocycles. The largest absolute Gasteiger partial charge is 0.384 e. The number of thiol groups is 1. The zero-order chi connectivity index (χ0) is 7.78. The van der Waals surface area contributed by atoms with Crippen molar-refractivity contribution in [2.24, 2.45) is 0 Å². The van der Waals surface area contributed by atoms with Crippen molar-refractivity contribution in [1.29, 1.82) is 0 Å². The Hall–Kier alpha value is -0.480. The van der Waals surface area contributed by atoms with Gasteiger partial charge >= 0.3 is 0 Å². The Bertz CT molecular complexity index is 226. The zero-order valence-electron chi connectivity index (χ0n) is 5.94. The maximum atomic E-state index is 9.39. The van der Waals surface area contributed by atoms with E-state index < -0.39 is 5.60 Å². The van der Waals surface area contributed by atoms with Gasteiger partial charge in [0.2, 0.25) is 0 Å². The quantitative estimate of drug-likeness (QED) is 0.593. The molecule has 1 rings (SSSR count). The van der Waals surface area contributed by atoms with Gasteiger partial charge in [-0.2, -0.15) is 5.10 Å². The summed E-state index contributed by atoms with van der Waals surface area (Å²) < 4.78 is 1.37. The number of aromatic nitrogens is 2.